The molecule has 8 nitrogen and oxygen atoms in total. The fourth-order valence-corrected chi connectivity index (χ4v) is 4.05. The molecule has 1 aliphatic carbocycles. The van der Waals surface area contributed by atoms with E-state index in [0.29, 0.717) is 18.7 Å². The van der Waals surface area contributed by atoms with E-state index < -0.39 is 0 Å². The maximum absolute atomic E-state index is 13.2. The Morgan fingerprint density at radius 3 is 2.74 bits per heavy atom. The first kappa shape index (κ1) is 17.8. The zero-order valence-corrected chi connectivity index (χ0v) is 16.0. The molecule has 2 N–H and O–H groups in total. The maximum Gasteiger partial charge on any atom is 0.231 e. The van der Waals surface area contributed by atoms with Gasteiger partial charge in [0, 0.05) is 43.2 Å². The number of aryl methyl sites for hydroxylation is 2. The van der Waals surface area contributed by atoms with Gasteiger partial charge >= 0.3 is 0 Å². The average Bonchev–Trinajstić information content (AvgIpc) is 3.31. The molecular formula is C19H26N6O2. The fraction of sp³-hybridized carbons (Fsp3) is 0.579. The number of rotatable bonds is 5. The van der Waals surface area contributed by atoms with Crippen LogP contribution in [0.2, 0.25) is 0 Å². The van der Waals surface area contributed by atoms with Crippen molar-refractivity contribution in [2.45, 2.75) is 58.0 Å². The summed E-state index contributed by atoms with van der Waals surface area (Å²) in [5, 5.41) is 10.2. The molecule has 2 aliphatic rings. The van der Waals surface area contributed by atoms with Gasteiger partial charge in [-0.3, -0.25) is 14.7 Å². The summed E-state index contributed by atoms with van der Waals surface area (Å²) in [6, 6.07) is -0.0998. The molecule has 2 aromatic heterocycles. The van der Waals surface area contributed by atoms with Crippen molar-refractivity contribution in [2.75, 3.05) is 5.32 Å². The molecule has 0 aromatic carbocycles. The Hall–Kier alpha value is -2.64. The molecule has 2 amide bonds. The third-order valence-electron chi connectivity index (χ3n) is 5.74. The first-order valence-electron chi connectivity index (χ1n) is 9.64. The van der Waals surface area contributed by atoms with Crippen LogP contribution in [0, 0.1) is 12.8 Å². The van der Waals surface area contributed by atoms with E-state index in [2.05, 4.69) is 20.5 Å². The summed E-state index contributed by atoms with van der Waals surface area (Å²) in [5.74, 6) is 1.02. The zero-order chi connectivity index (χ0) is 19.1. The lowest BCUT2D eigenvalue weighted by Gasteiger charge is -2.40. The van der Waals surface area contributed by atoms with Gasteiger partial charge in [-0.2, -0.15) is 5.10 Å². The fourth-order valence-electron chi connectivity index (χ4n) is 4.05. The molecule has 3 heterocycles. The topological polar surface area (TPSA) is 95.9 Å². The number of likely N-dealkylation sites (tertiary alicyclic amines) is 1. The molecule has 27 heavy (non-hydrogen) atoms. The van der Waals surface area contributed by atoms with Gasteiger partial charge in [0.1, 0.15) is 11.9 Å². The highest BCUT2D eigenvalue weighted by Gasteiger charge is 2.48. The van der Waals surface area contributed by atoms with E-state index in [0.717, 1.165) is 36.3 Å². The predicted molar refractivity (Wildman–Crippen MR) is 99.9 cm³/mol. The number of nitrogens with one attached hydrogen (secondary N) is 2. The number of hydrogen-bond donors (Lipinski definition) is 2. The second kappa shape index (κ2) is 6.83. The summed E-state index contributed by atoms with van der Waals surface area (Å²) >= 11 is 0. The van der Waals surface area contributed by atoms with E-state index >= 15 is 0 Å². The molecule has 0 unspecified atom stereocenters. The van der Waals surface area contributed by atoms with Crippen LogP contribution in [0.3, 0.4) is 0 Å². The van der Waals surface area contributed by atoms with Crippen LogP contribution in [0.4, 0.5) is 5.82 Å². The second-order valence-electron chi connectivity index (χ2n) is 7.54. The third-order valence-corrected chi connectivity index (χ3v) is 5.74. The lowest BCUT2D eigenvalue weighted by molar-refractivity contribution is -0.143. The number of imidazole rings is 1. The van der Waals surface area contributed by atoms with Gasteiger partial charge in [0.05, 0.1) is 5.92 Å². The first-order chi connectivity index (χ1) is 13.0. The van der Waals surface area contributed by atoms with Crippen LogP contribution in [0.15, 0.2) is 12.4 Å². The van der Waals surface area contributed by atoms with Crippen molar-refractivity contribution in [1.82, 2.24) is 24.6 Å². The Morgan fingerprint density at radius 1 is 1.37 bits per heavy atom. The van der Waals surface area contributed by atoms with E-state index in [4.69, 9.17) is 0 Å². The summed E-state index contributed by atoms with van der Waals surface area (Å²) in [7, 11) is 1.91. The van der Waals surface area contributed by atoms with Crippen LogP contribution < -0.4 is 5.32 Å². The number of hydrogen-bond acceptors (Lipinski definition) is 4. The summed E-state index contributed by atoms with van der Waals surface area (Å²) in [5.41, 5.74) is 1.98. The number of aromatic amines is 1. The quantitative estimate of drug-likeness (QED) is 0.842. The number of nitrogens with zero attached hydrogens (tertiary/aromatic N) is 4. The summed E-state index contributed by atoms with van der Waals surface area (Å²) < 4.78 is 1.91. The molecule has 8 heteroatoms. The van der Waals surface area contributed by atoms with Gasteiger partial charge in [-0.05, 0) is 32.6 Å². The highest BCUT2D eigenvalue weighted by molar-refractivity contribution is 5.94. The number of H-pyrrole nitrogens is 1. The van der Waals surface area contributed by atoms with Crippen LogP contribution in [0.5, 0.6) is 0 Å². The molecule has 1 saturated carbocycles. The highest BCUT2D eigenvalue weighted by atomic mass is 16.2. The Bertz CT molecular complexity index is 865. The predicted octanol–water partition coefficient (Wildman–Crippen LogP) is 2.09. The Morgan fingerprint density at radius 2 is 2.15 bits per heavy atom. The molecule has 2 aromatic rings. The van der Waals surface area contributed by atoms with Crippen LogP contribution >= 0.6 is 0 Å². The lowest BCUT2D eigenvalue weighted by Crippen LogP contribution is -2.48. The maximum atomic E-state index is 13.2. The lowest BCUT2D eigenvalue weighted by atomic mass is 9.86. The number of aromatic nitrogens is 4. The molecule has 144 valence electrons. The number of amides is 2. The molecule has 2 fully saturated rings. The van der Waals surface area contributed by atoms with Gasteiger partial charge in [-0.25, -0.2) is 4.98 Å². The molecule has 1 aliphatic heterocycles. The minimum atomic E-state index is -0.342. The van der Waals surface area contributed by atoms with Crippen molar-refractivity contribution in [2.24, 2.45) is 13.0 Å². The van der Waals surface area contributed by atoms with Crippen molar-refractivity contribution < 1.29 is 9.59 Å². The van der Waals surface area contributed by atoms with Crippen molar-refractivity contribution in [3.63, 3.8) is 0 Å². The molecule has 0 radical (unpaired) electrons. The summed E-state index contributed by atoms with van der Waals surface area (Å²) in [4.78, 5) is 32.2. The van der Waals surface area contributed by atoms with Crippen molar-refractivity contribution >= 4 is 17.6 Å². The molecule has 4 rings (SSSR count). The van der Waals surface area contributed by atoms with Gasteiger partial charge < -0.3 is 14.8 Å². The monoisotopic (exact) mass is 370 g/mol. The zero-order valence-electron chi connectivity index (χ0n) is 16.0. The van der Waals surface area contributed by atoms with Gasteiger partial charge in [0.2, 0.25) is 11.8 Å². The van der Waals surface area contributed by atoms with E-state index in [-0.39, 0.29) is 29.8 Å². The second-order valence-corrected chi connectivity index (χ2v) is 7.54. The molecule has 1 saturated heterocycles. The number of piperidine rings is 1. The van der Waals surface area contributed by atoms with Gasteiger partial charge in [0.15, 0.2) is 5.82 Å². The van der Waals surface area contributed by atoms with E-state index in [1.165, 1.54) is 0 Å². The highest BCUT2D eigenvalue weighted by Crippen LogP contribution is 2.43. The van der Waals surface area contributed by atoms with Crippen LogP contribution in [-0.2, 0) is 23.1 Å². The van der Waals surface area contributed by atoms with Crippen LogP contribution in [-0.4, -0.2) is 42.5 Å². The molecule has 2 atom stereocenters. The number of carbonyl (C=O) groups excluding carboxylic acids is 2. The number of carbonyl (C=O) groups is 2. The van der Waals surface area contributed by atoms with Crippen LogP contribution in [0.1, 0.15) is 55.7 Å². The Labute approximate surface area is 158 Å². The van der Waals surface area contributed by atoms with Crippen molar-refractivity contribution in [1.29, 1.82) is 0 Å². The minimum absolute atomic E-state index is 0.0987. The Kier molecular flexibility index (Phi) is 4.49. The van der Waals surface area contributed by atoms with Gasteiger partial charge in [-0.1, -0.05) is 6.92 Å². The van der Waals surface area contributed by atoms with Crippen molar-refractivity contribution in [3.8, 4) is 0 Å². The SMILES string of the molecule is CCc1[nH]nc(NC(=O)[C@H]2CCC(=O)N(C3CC3)[C@@H]2c2nccn2C)c1C. The normalized spacial score (nSPS) is 22.9. The smallest absolute Gasteiger partial charge is 0.231 e. The average molecular weight is 370 g/mol. The van der Waals surface area contributed by atoms with E-state index in [9.17, 15) is 9.59 Å². The summed E-state index contributed by atoms with van der Waals surface area (Å²) in [6.07, 6.45) is 7.33. The Balaban J connectivity index is 1.64. The molecule has 0 spiro atoms. The first-order valence-corrected chi connectivity index (χ1v) is 9.64. The molecular weight excluding hydrogens is 344 g/mol. The largest absolute Gasteiger partial charge is 0.336 e. The standard InChI is InChI=1S/C19H26N6O2/c1-4-14-11(2)17(23-22-14)21-19(27)13-7-8-15(26)25(12-5-6-12)16(13)18-20-9-10-24(18)3/h9-10,12-13,16H,4-8H2,1-3H3,(H2,21,22,23,27)/t13-,16-/m0/s1. The van der Waals surface area contributed by atoms with Gasteiger partial charge in [-0.15, -0.1) is 0 Å². The minimum Gasteiger partial charge on any atom is -0.336 e. The number of anilines is 1. The summed E-state index contributed by atoms with van der Waals surface area (Å²) in [6.45, 7) is 4.00. The molecule has 0 bridgehead atoms. The van der Waals surface area contributed by atoms with Crippen LogP contribution in [0.25, 0.3) is 0 Å². The van der Waals surface area contributed by atoms with E-state index in [1.807, 2.05) is 36.6 Å². The van der Waals surface area contributed by atoms with E-state index in [1.54, 1.807) is 6.20 Å². The van der Waals surface area contributed by atoms with Gasteiger partial charge in [0.25, 0.3) is 0 Å². The third kappa shape index (κ3) is 3.13. The van der Waals surface area contributed by atoms with Crippen molar-refractivity contribution in [3.05, 3.63) is 29.5 Å².